The first-order chi connectivity index (χ1) is 12.9. The number of aromatic nitrogens is 2. The van der Waals surface area contributed by atoms with Crippen LogP contribution >= 0.6 is 0 Å². The van der Waals surface area contributed by atoms with Gasteiger partial charge in [-0.2, -0.15) is 0 Å². The second kappa shape index (κ2) is 7.99. The highest BCUT2D eigenvalue weighted by molar-refractivity contribution is 6.04. The summed E-state index contributed by atoms with van der Waals surface area (Å²) >= 11 is 0. The Morgan fingerprint density at radius 3 is 2.04 bits per heavy atom. The van der Waals surface area contributed by atoms with Crippen LogP contribution in [0.15, 0.2) is 54.9 Å². The highest BCUT2D eigenvalue weighted by Gasteiger charge is 2.09. The topological polar surface area (TPSA) is 66.9 Å². The molecular weight excluding hydrogens is 336 g/mol. The number of amides is 1. The average molecular weight is 360 g/mol. The summed E-state index contributed by atoms with van der Waals surface area (Å²) in [6.45, 7) is 8.32. The molecule has 0 aliphatic rings. The van der Waals surface area contributed by atoms with Gasteiger partial charge >= 0.3 is 0 Å². The molecule has 0 saturated carbocycles. The maximum Gasteiger partial charge on any atom is 0.258 e. The van der Waals surface area contributed by atoms with E-state index in [0.717, 1.165) is 22.5 Å². The number of nitrogens with one attached hydrogen (secondary N) is 2. The maximum atomic E-state index is 12.4. The SMILES string of the molecule is Cc1cc(C)cc(NC(=O)c2cnc(Nc3ccc(C(C)C)cc3)nc2)c1. The van der Waals surface area contributed by atoms with E-state index in [1.165, 1.54) is 18.0 Å². The molecular formula is C22H24N4O. The Bertz CT molecular complexity index is 911. The van der Waals surface area contributed by atoms with Crippen LogP contribution < -0.4 is 10.6 Å². The van der Waals surface area contributed by atoms with Crippen LogP contribution in [0.3, 0.4) is 0 Å². The molecule has 0 unspecified atom stereocenters. The molecule has 3 rings (SSSR count). The minimum atomic E-state index is -0.229. The Hall–Kier alpha value is -3.21. The van der Waals surface area contributed by atoms with Crippen LogP contribution in [0.25, 0.3) is 0 Å². The Balaban J connectivity index is 1.66. The predicted octanol–water partition coefficient (Wildman–Crippen LogP) is 5.21. The van der Waals surface area contributed by atoms with Gasteiger partial charge in [-0.15, -0.1) is 0 Å². The molecule has 0 fully saturated rings. The van der Waals surface area contributed by atoms with Crippen LogP contribution in [0.5, 0.6) is 0 Å². The number of carbonyl (C=O) groups is 1. The number of anilines is 3. The molecule has 1 amide bonds. The lowest BCUT2D eigenvalue weighted by molar-refractivity contribution is 0.102. The van der Waals surface area contributed by atoms with Crippen LogP contribution in [0, 0.1) is 13.8 Å². The van der Waals surface area contributed by atoms with Gasteiger partial charge in [0.2, 0.25) is 5.95 Å². The van der Waals surface area contributed by atoms with E-state index in [1.807, 2.05) is 38.1 Å². The van der Waals surface area contributed by atoms with E-state index < -0.39 is 0 Å². The van der Waals surface area contributed by atoms with Gasteiger partial charge in [-0.3, -0.25) is 4.79 Å². The maximum absolute atomic E-state index is 12.4. The van der Waals surface area contributed by atoms with E-state index in [-0.39, 0.29) is 5.91 Å². The van der Waals surface area contributed by atoms with Crippen molar-refractivity contribution in [1.82, 2.24) is 9.97 Å². The summed E-state index contributed by atoms with van der Waals surface area (Å²) in [6.07, 6.45) is 3.05. The molecule has 5 nitrogen and oxygen atoms in total. The zero-order chi connectivity index (χ0) is 19.4. The summed E-state index contributed by atoms with van der Waals surface area (Å²) in [7, 11) is 0. The van der Waals surface area contributed by atoms with Crippen molar-refractivity contribution in [3.05, 3.63) is 77.1 Å². The molecule has 0 aliphatic heterocycles. The first-order valence-electron chi connectivity index (χ1n) is 8.99. The fourth-order valence-electron chi connectivity index (χ4n) is 2.84. The smallest absolute Gasteiger partial charge is 0.258 e. The molecule has 27 heavy (non-hydrogen) atoms. The molecule has 0 saturated heterocycles. The van der Waals surface area contributed by atoms with E-state index in [0.29, 0.717) is 17.4 Å². The highest BCUT2D eigenvalue weighted by atomic mass is 16.1. The van der Waals surface area contributed by atoms with E-state index >= 15 is 0 Å². The van der Waals surface area contributed by atoms with Crippen molar-refractivity contribution >= 4 is 23.2 Å². The molecule has 138 valence electrons. The van der Waals surface area contributed by atoms with Crippen molar-refractivity contribution in [2.75, 3.05) is 10.6 Å². The molecule has 0 radical (unpaired) electrons. The largest absolute Gasteiger partial charge is 0.324 e. The normalized spacial score (nSPS) is 10.7. The Morgan fingerprint density at radius 2 is 1.48 bits per heavy atom. The van der Waals surface area contributed by atoms with Gasteiger partial charge in [0.15, 0.2) is 0 Å². The number of hydrogen-bond donors (Lipinski definition) is 2. The van der Waals surface area contributed by atoms with Gasteiger partial charge in [-0.1, -0.05) is 32.0 Å². The summed E-state index contributed by atoms with van der Waals surface area (Å²) in [5, 5.41) is 6.03. The van der Waals surface area contributed by atoms with Gasteiger partial charge in [-0.25, -0.2) is 9.97 Å². The summed E-state index contributed by atoms with van der Waals surface area (Å²) in [4.78, 5) is 20.9. The van der Waals surface area contributed by atoms with Crippen molar-refractivity contribution in [1.29, 1.82) is 0 Å². The van der Waals surface area contributed by atoms with Crippen LogP contribution in [0.2, 0.25) is 0 Å². The third-order valence-corrected chi connectivity index (χ3v) is 4.23. The highest BCUT2D eigenvalue weighted by Crippen LogP contribution is 2.19. The standard InChI is InChI=1S/C22H24N4O/c1-14(2)17-5-7-19(8-6-17)26-22-23-12-18(13-24-22)21(27)25-20-10-15(3)9-16(4)11-20/h5-14H,1-4H3,(H,25,27)(H,23,24,26). The third-order valence-electron chi connectivity index (χ3n) is 4.23. The summed E-state index contributed by atoms with van der Waals surface area (Å²) in [6, 6.07) is 14.1. The fraction of sp³-hybridized carbons (Fsp3) is 0.227. The van der Waals surface area contributed by atoms with Crippen molar-refractivity contribution in [3.8, 4) is 0 Å². The van der Waals surface area contributed by atoms with Gasteiger partial charge in [0.25, 0.3) is 5.91 Å². The lowest BCUT2D eigenvalue weighted by atomic mass is 10.0. The second-order valence-electron chi connectivity index (χ2n) is 7.03. The molecule has 0 spiro atoms. The molecule has 1 aromatic heterocycles. The van der Waals surface area contributed by atoms with Gasteiger partial charge in [0.1, 0.15) is 0 Å². The number of nitrogens with zero attached hydrogens (tertiary/aromatic N) is 2. The van der Waals surface area contributed by atoms with Crippen molar-refractivity contribution in [2.45, 2.75) is 33.6 Å². The van der Waals surface area contributed by atoms with Crippen LogP contribution in [-0.2, 0) is 0 Å². The minimum absolute atomic E-state index is 0.229. The zero-order valence-electron chi connectivity index (χ0n) is 16.1. The van der Waals surface area contributed by atoms with Crippen LogP contribution in [0.4, 0.5) is 17.3 Å². The minimum Gasteiger partial charge on any atom is -0.324 e. The van der Waals surface area contributed by atoms with Gasteiger partial charge in [0.05, 0.1) is 5.56 Å². The first kappa shape index (κ1) is 18.6. The molecule has 3 aromatic rings. The van der Waals surface area contributed by atoms with E-state index in [9.17, 15) is 4.79 Å². The van der Waals surface area contributed by atoms with Crippen molar-refractivity contribution in [3.63, 3.8) is 0 Å². The third kappa shape index (κ3) is 4.91. The molecule has 2 N–H and O–H groups in total. The Morgan fingerprint density at radius 1 is 0.889 bits per heavy atom. The van der Waals surface area contributed by atoms with Gasteiger partial charge < -0.3 is 10.6 Å². The van der Waals surface area contributed by atoms with Gasteiger partial charge in [-0.05, 0) is 60.7 Å². The second-order valence-corrected chi connectivity index (χ2v) is 7.03. The first-order valence-corrected chi connectivity index (χ1v) is 8.99. The molecule has 2 aromatic carbocycles. The van der Waals surface area contributed by atoms with Gasteiger partial charge in [0, 0.05) is 23.8 Å². The molecule has 0 aliphatic carbocycles. The Kier molecular flexibility index (Phi) is 5.50. The lowest BCUT2D eigenvalue weighted by Crippen LogP contribution is -2.13. The predicted molar refractivity (Wildman–Crippen MR) is 110 cm³/mol. The lowest BCUT2D eigenvalue weighted by Gasteiger charge is -2.09. The molecule has 0 atom stereocenters. The molecule has 5 heteroatoms. The van der Waals surface area contributed by atoms with Crippen LogP contribution in [0.1, 0.15) is 46.8 Å². The average Bonchev–Trinajstić information content (AvgIpc) is 2.62. The summed E-state index contributed by atoms with van der Waals surface area (Å²) < 4.78 is 0. The van der Waals surface area contributed by atoms with Crippen molar-refractivity contribution < 1.29 is 4.79 Å². The number of benzene rings is 2. The van der Waals surface area contributed by atoms with E-state index in [2.05, 4.69) is 52.6 Å². The monoisotopic (exact) mass is 360 g/mol. The summed E-state index contributed by atoms with van der Waals surface area (Å²) in [5.74, 6) is 0.716. The quantitative estimate of drug-likeness (QED) is 0.655. The zero-order valence-corrected chi connectivity index (χ0v) is 16.1. The molecule has 1 heterocycles. The molecule has 0 bridgehead atoms. The van der Waals surface area contributed by atoms with Crippen LogP contribution in [-0.4, -0.2) is 15.9 Å². The number of aryl methyl sites for hydroxylation is 2. The summed E-state index contributed by atoms with van der Waals surface area (Å²) in [5.41, 5.74) is 5.57. The van der Waals surface area contributed by atoms with E-state index in [4.69, 9.17) is 0 Å². The number of carbonyl (C=O) groups excluding carboxylic acids is 1. The number of hydrogen-bond acceptors (Lipinski definition) is 4. The number of rotatable bonds is 5. The van der Waals surface area contributed by atoms with Crippen molar-refractivity contribution in [2.24, 2.45) is 0 Å². The Labute approximate surface area is 159 Å². The van der Waals surface area contributed by atoms with E-state index in [1.54, 1.807) is 0 Å². The fourth-order valence-corrected chi connectivity index (χ4v) is 2.84.